The molecule has 3 aromatic rings. The van der Waals surface area contributed by atoms with Gasteiger partial charge in [0.1, 0.15) is 16.5 Å². The van der Waals surface area contributed by atoms with E-state index in [0.29, 0.717) is 21.6 Å². The number of nitrogens with two attached hydrogens (primary N) is 1. The van der Waals surface area contributed by atoms with Gasteiger partial charge in [-0.25, -0.2) is 27.1 Å². The Labute approximate surface area is 157 Å². The molecule has 0 saturated carbocycles. The molecule has 1 aromatic heterocycles. The van der Waals surface area contributed by atoms with E-state index in [2.05, 4.69) is 0 Å². The van der Waals surface area contributed by atoms with Crippen molar-refractivity contribution in [3.8, 4) is 21.6 Å². The maximum absolute atomic E-state index is 14.2. The van der Waals surface area contributed by atoms with Crippen LogP contribution in [0.5, 0.6) is 0 Å². The van der Waals surface area contributed by atoms with Gasteiger partial charge in [-0.1, -0.05) is 12.1 Å². The Morgan fingerprint density at radius 2 is 1.74 bits per heavy atom. The van der Waals surface area contributed by atoms with Crippen LogP contribution in [0.1, 0.15) is 15.2 Å². The summed E-state index contributed by atoms with van der Waals surface area (Å²) in [5, 5.41) is 14.6. The standard InChI is InChI=1S/C18H13F2NO4S2/c1-9-15(10-2-5-12(6-3-10)27(21,24)25)17(18(22)23)26-16(9)13-7-4-11(19)8-14(13)20/h2-8H,1H3,(H,22,23)(H2,21,24,25). The molecule has 0 aliphatic heterocycles. The lowest BCUT2D eigenvalue weighted by Crippen LogP contribution is -2.11. The summed E-state index contributed by atoms with van der Waals surface area (Å²) in [6.45, 7) is 1.63. The summed E-state index contributed by atoms with van der Waals surface area (Å²) < 4.78 is 50.1. The van der Waals surface area contributed by atoms with Gasteiger partial charge in [0, 0.05) is 22.1 Å². The van der Waals surface area contributed by atoms with Gasteiger partial charge in [-0.05, 0) is 42.3 Å². The summed E-state index contributed by atoms with van der Waals surface area (Å²) in [7, 11) is -3.88. The quantitative estimate of drug-likeness (QED) is 0.680. The van der Waals surface area contributed by atoms with Gasteiger partial charge >= 0.3 is 5.97 Å². The number of halogens is 2. The van der Waals surface area contributed by atoms with Crippen molar-refractivity contribution in [3.05, 3.63) is 64.5 Å². The molecule has 2 aromatic carbocycles. The lowest BCUT2D eigenvalue weighted by Gasteiger charge is -2.06. The highest BCUT2D eigenvalue weighted by Crippen LogP contribution is 2.42. The maximum atomic E-state index is 14.2. The fourth-order valence-electron chi connectivity index (χ4n) is 2.75. The van der Waals surface area contributed by atoms with E-state index in [9.17, 15) is 27.1 Å². The first kappa shape index (κ1) is 19.2. The lowest BCUT2D eigenvalue weighted by molar-refractivity contribution is 0.0703. The van der Waals surface area contributed by atoms with Crippen LogP contribution in [0.3, 0.4) is 0 Å². The first-order valence-corrected chi connectivity index (χ1v) is 9.91. The zero-order valence-electron chi connectivity index (χ0n) is 13.9. The number of hydrogen-bond acceptors (Lipinski definition) is 4. The summed E-state index contributed by atoms with van der Waals surface area (Å²) in [4.78, 5) is 11.9. The fraction of sp³-hybridized carbons (Fsp3) is 0.0556. The van der Waals surface area contributed by atoms with Crippen LogP contribution in [0, 0.1) is 18.6 Å². The fourth-order valence-corrected chi connectivity index (χ4v) is 4.46. The minimum absolute atomic E-state index is 0.0328. The van der Waals surface area contributed by atoms with E-state index in [-0.39, 0.29) is 15.3 Å². The Hall–Kier alpha value is -2.62. The molecule has 1 heterocycles. The van der Waals surface area contributed by atoms with Crippen LogP contribution in [-0.4, -0.2) is 19.5 Å². The molecule has 0 aliphatic rings. The number of hydrogen-bond donors (Lipinski definition) is 2. The van der Waals surface area contributed by atoms with Crippen molar-refractivity contribution in [1.29, 1.82) is 0 Å². The number of aromatic carboxylic acids is 1. The molecule has 3 N–H and O–H groups in total. The zero-order valence-corrected chi connectivity index (χ0v) is 15.5. The lowest BCUT2D eigenvalue weighted by atomic mass is 9.99. The number of carboxylic acid groups (broad SMARTS) is 1. The van der Waals surface area contributed by atoms with Crippen molar-refractivity contribution >= 4 is 27.3 Å². The Morgan fingerprint density at radius 1 is 1.11 bits per heavy atom. The second kappa shape index (κ2) is 6.84. The van der Waals surface area contributed by atoms with Gasteiger partial charge in [0.05, 0.1) is 4.90 Å². The van der Waals surface area contributed by atoms with Gasteiger partial charge in [0.25, 0.3) is 0 Å². The molecule has 3 rings (SSSR count). The van der Waals surface area contributed by atoms with Crippen molar-refractivity contribution in [2.75, 3.05) is 0 Å². The summed E-state index contributed by atoms with van der Waals surface area (Å²) >= 11 is 0.867. The minimum Gasteiger partial charge on any atom is -0.477 e. The van der Waals surface area contributed by atoms with E-state index in [1.54, 1.807) is 6.92 Å². The van der Waals surface area contributed by atoms with Gasteiger partial charge in [-0.3, -0.25) is 0 Å². The van der Waals surface area contributed by atoms with Crippen molar-refractivity contribution in [2.24, 2.45) is 5.14 Å². The molecular weight excluding hydrogens is 396 g/mol. The molecule has 140 valence electrons. The normalized spacial score (nSPS) is 11.6. The molecule has 0 atom stereocenters. The molecule has 0 aliphatic carbocycles. The number of sulfonamides is 1. The predicted molar refractivity (Wildman–Crippen MR) is 98.2 cm³/mol. The second-order valence-corrected chi connectivity index (χ2v) is 8.34. The van der Waals surface area contributed by atoms with E-state index in [1.807, 2.05) is 0 Å². The van der Waals surface area contributed by atoms with Crippen LogP contribution in [-0.2, 0) is 10.0 Å². The van der Waals surface area contributed by atoms with Gasteiger partial charge in [-0.2, -0.15) is 0 Å². The molecule has 27 heavy (non-hydrogen) atoms. The highest BCUT2D eigenvalue weighted by atomic mass is 32.2. The molecule has 5 nitrogen and oxygen atoms in total. The van der Waals surface area contributed by atoms with E-state index in [1.165, 1.54) is 30.3 Å². The number of thiophene rings is 1. The first-order valence-electron chi connectivity index (χ1n) is 7.55. The summed E-state index contributed by atoms with van der Waals surface area (Å²) in [5.41, 5.74) is 1.37. The minimum atomic E-state index is -3.88. The number of benzene rings is 2. The zero-order chi connectivity index (χ0) is 19.9. The topological polar surface area (TPSA) is 97.5 Å². The van der Waals surface area contributed by atoms with Crippen molar-refractivity contribution in [3.63, 3.8) is 0 Å². The number of primary sulfonamides is 1. The van der Waals surface area contributed by atoms with E-state index < -0.39 is 27.6 Å². The SMILES string of the molecule is Cc1c(-c2ccc(F)cc2F)sc(C(=O)O)c1-c1ccc(S(N)(=O)=O)cc1. The summed E-state index contributed by atoms with van der Waals surface area (Å²) in [6.07, 6.45) is 0. The Balaban J connectivity index is 2.21. The van der Waals surface area contributed by atoms with Crippen LogP contribution in [0.4, 0.5) is 8.78 Å². The average Bonchev–Trinajstić information content (AvgIpc) is 2.92. The molecule has 0 radical (unpaired) electrons. The number of rotatable bonds is 4. The highest BCUT2D eigenvalue weighted by molar-refractivity contribution is 7.89. The predicted octanol–water partition coefficient (Wildman–Crippen LogP) is 4.01. The molecule has 0 bridgehead atoms. The molecule has 0 spiro atoms. The molecule has 0 saturated heterocycles. The Bertz CT molecular complexity index is 1150. The largest absolute Gasteiger partial charge is 0.477 e. The monoisotopic (exact) mass is 409 g/mol. The molecular formula is C18H13F2NO4S2. The number of carboxylic acids is 1. The average molecular weight is 409 g/mol. The highest BCUT2D eigenvalue weighted by Gasteiger charge is 2.24. The van der Waals surface area contributed by atoms with Crippen LogP contribution in [0.2, 0.25) is 0 Å². The van der Waals surface area contributed by atoms with Crippen molar-refractivity contribution < 1.29 is 27.1 Å². The van der Waals surface area contributed by atoms with Crippen molar-refractivity contribution in [2.45, 2.75) is 11.8 Å². The Morgan fingerprint density at radius 3 is 2.26 bits per heavy atom. The third-order valence-corrected chi connectivity index (χ3v) is 6.23. The third kappa shape index (κ3) is 3.61. The van der Waals surface area contributed by atoms with E-state index in [0.717, 1.165) is 23.5 Å². The second-order valence-electron chi connectivity index (χ2n) is 5.76. The van der Waals surface area contributed by atoms with E-state index in [4.69, 9.17) is 5.14 Å². The van der Waals surface area contributed by atoms with Gasteiger partial charge < -0.3 is 5.11 Å². The molecule has 0 amide bonds. The van der Waals surface area contributed by atoms with E-state index >= 15 is 0 Å². The molecule has 0 fully saturated rings. The van der Waals surface area contributed by atoms with Gasteiger partial charge in [-0.15, -0.1) is 11.3 Å². The van der Waals surface area contributed by atoms with Crippen LogP contribution in [0.15, 0.2) is 47.4 Å². The van der Waals surface area contributed by atoms with Crippen LogP contribution >= 0.6 is 11.3 Å². The smallest absolute Gasteiger partial charge is 0.346 e. The Kier molecular flexibility index (Phi) is 4.85. The molecule has 0 unspecified atom stereocenters. The third-order valence-electron chi connectivity index (χ3n) is 3.99. The van der Waals surface area contributed by atoms with Crippen molar-refractivity contribution in [1.82, 2.24) is 0 Å². The number of carbonyl (C=O) groups is 1. The van der Waals surface area contributed by atoms with Gasteiger partial charge in [0.15, 0.2) is 0 Å². The summed E-state index contributed by atoms with van der Waals surface area (Å²) in [6, 6.07) is 8.49. The maximum Gasteiger partial charge on any atom is 0.346 e. The van der Waals surface area contributed by atoms with Crippen LogP contribution < -0.4 is 5.14 Å². The first-order chi connectivity index (χ1) is 12.6. The van der Waals surface area contributed by atoms with Crippen LogP contribution in [0.25, 0.3) is 21.6 Å². The van der Waals surface area contributed by atoms with Gasteiger partial charge in [0.2, 0.25) is 10.0 Å². The molecule has 9 heteroatoms. The summed E-state index contributed by atoms with van der Waals surface area (Å²) in [5.74, 6) is -2.74.